The van der Waals surface area contributed by atoms with Crippen LogP contribution < -0.4 is 0 Å². The Kier molecular flexibility index (Phi) is 7.92. The lowest BCUT2D eigenvalue weighted by Crippen LogP contribution is -2.55. The zero-order chi connectivity index (χ0) is 19.9. The number of hydrogen-bond acceptors (Lipinski definition) is 3. The standard InChI is InChI=1S/C23H37NO4/c25-21(19-12-5-2-6-13-19)22(26)24-16-8-15-18(20(24)23(27)28)14-7-11-17-9-3-1-4-10-17/h17-20H,1-16H2,(H,27,28). The SMILES string of the molecule is O=C(C(=O)N1CCCC(CCCC2CCCCC2)C1C(=O)O)C1CCCCC1. The number of carboxylic acids is 1. The van der Waals surface area contributed by atoms with Crippen LogP contribution in [-0.2, 0) is 14.4 Å². The van der Waals surface area contributed by atoms with E-state index in [1.54, 1.807) is 0 Å². The van der Waals surface area contributed by atoms with Gasteiger partial charge in [-0.05, 0) is 43.9 Å². The Bertz CT molecular complexity index is 549. The summed E-state index contributed by atoms with van der Waals surface area (Å²) < 4.78 is 0. The lowest BCUT2D eigenvalue weighted by molar-refractivity contribution is -0.159. The van der Waals surface area contributed by atoms with Gasteiger partial charge in [0.05, 0.1) is 0 Å². The van der Waals surface area contributed by atoms with Gasteiger partial charge in [0.25, 0.3) is 5.91 Å². The van der Waals surface area contributed by atoms with E-state index in [2.05, 4.69) is 0 Å². The van der Waals surface area contributed by atoms with Gasteiger partial charge in [0, 0.05) is 12.5 Å². The van der Waals surface area contributed by atoms with E-state index >= 15 is 0 Å². The first-order valence-corrected chi connectivity index (χ1v) is 11.7. The molecule has 3 aliphatic rings. The van der Waals surface area contributed by atoms with Crippen molar-refractivity contribution in [3.05, 3.63) is 0 Å². The topological polar surface area (TPSA) is 74.7 Å². The molecule has 3 rings (SSSR count). The first-order chi connectivity index (χ1) is 13.6. The maximum atomic E-state index is 12.9. The summed E-state index contributed by atoms with van der Waals surface area (Å²) in [6.07, 6.45) is 16.0. The average molecular weight is 392 g/mol. The highest BCUT2D eigenvalue weighted by atomic mass is 16.4. The molecular formula is C23H37NO4. The van der Waals surface area contributed by atoms with Crippen molar-refractivity contribution in [3.63, 3.8) is 0 Å². The van der Waals surface area contributed by atoms with Crippen molar-refractivity contribution >= 4 is 17.7 Å². The molecule has 0 aromatic carbocycles. The molecule has 5 heteroatoms. The predicted octanol–water partition coefficient (Wildman–Crippen LogP) is 4.58. The van der Waals surface area contributed by atoms with Crippen molar-refractivity contribution in [1.29, 1.82) is 0 Å². The van der Waals surface area contributed by atoms with Gasteiger partial charge < -0.3 is 10.0 Å². The van der Waals surface area contributed by atoms with Crippen LogP contribution in [0, 0.1) is 17.8 Å². The monoisotopic (exact) mass is 391 g/mol. The van der Waals surface area contributed by atoms with Gasteiger partial charge in [0.1, 0.15) is 6.04 Å². The third kappa shape index (κ3) is 5.36. The minimum atomic E-state index is -0.938. The summed E-state index contributed by atoms with van der Waals surface area (Å²) in [5.41, 5.74) is 0. The third-order valence-electron chi connectivity index (χ3n) is 7.37. The second-order valence-corrected chi connectivity index (χ2v) is 9.32. The smallest absolute Gasteiger partial charge is 0.326 e. The summed E-state index contributed by atoms with van der Waals surface area (Å²) in [7, 11) is 0. The molecule has 28 heavy (non-hydrogen) atoms. The van der Waals surface area contributed by atoms with Gasteiger partial charge in [-0.2, -0.15) is 0 Å². The second kappa shape index (κ2) is 10.4. The molecule has 0 spiro atoms. The fraction of sp³-hybridized carbons (Fsp3) is 0.870. The van der Waals surface area contributed by atoms with E-state index in [4.69, 9.17) is 0 Å². The maximum Gasteiger partial charge on any atom is 0.326 e. The van der Waals surface area contributed by atoms with E-state index in [0.29, 0.717) is 6.54 Å². The fourth-order valence-corrected chi connectivity index (χ4v) is 5.77. The average Bonchev–Trinajstić information content (AvgIpc) is 2.73. The molecule has 1 heterocycles. The van der Waals surface area contributed by atoms with Crippen molar-refractivity contribution < 1.29 is 19.5 Å². The Balaban J connectivity index is 1.58. The number of piperidine rings is 1. The highest BCUT2D eigenvalue weighted by Gasteiger charge is 2.42. The molecule has 2 aliphatic carbocycles. The van der Waals surface area contributed by atoms with Crippen LogP contribution in [0.2, 0.25) is 0 Å². The molecule has 2 unspecified atom stereocenters. The van der Waals surface area contributed by atoms with Gasteiger partial charge in [-0.1, -0.05) is 64.2 Å². The first-order valence-electron chi connectivity index (χ1n) is 11.7. The molecular weight excluding hydrogens is 354 g/mol. The Hall–Kier alpha value is -1.39. The van der Waals surface area contributed by atoms with E-state index in [1.165, 1.54) is 43.4 Å². The zero-order valence-electron chi connectivity index (χ0n) is 17.2. The molecule has 1 amide bonds. The molecule has 3 fully saturated rings. The van der Waals surface area contributed by atoms with E-state index in [-0.39, 0.29) is 17.6 Å². The predicted molar refractivity (Wildman–Crippen MR) is 108 cm³/mol. The zero-order valence-corrected chi connectivity index (χ0v) is 17.2. The van der Waals surface area contributed by atoms with Crippen LogP contribution in [0.25, 0.3) is 0 Å². The van der Waals surface area contributed by atoms with Gasteiger partial charge in [-0.15, -0.1) is 0 Å². The van der Waals surface area contributed by atoms with Gasteiger partial charge in [-0.25, -0.2) is 4.79 Å². The van der Waals surface area contributed by atoms with Crippen LogP contribution in [0.3, 0.4) is 0 Å². The highest BCUT2D eigenvalue weighted by Crippen LogP contribution is 2.33. The summed E-state index contributed by atoms with van der Waals surface area (Å²) in [6, 6.07) is -0.819. The molecule has 2 atom stereocenters. The number of amides is 1. The van der Waals surface area contributed by atoms with Crippen LogP contribution in [0.4, 0.5) is 0 Å². The minimum absolute atomic E-state index is 0.0158. The van der Waals surface area contributed by atoms with Crippen LogP contribution in [-0.4, -0.2) is 40.3 Å². The van der Waals surface area contributed by atoms with Crippen molar-refractivity contribution in [3.8, 4) is 0 Å². The number of Topliss-reactive ketones (excluding diaryl/α,β-unsaturated/α-hetero) is 1. The van der Waals surface area contributed by atoms with Gasteiger partial charge in [-0.3, -0.25) is 9.59 Å². The summed E-state index contributed by atoms with van der Waals surface area (Å²) in [4.78, 5) is 39.0. The molecule has 2 saturated carbocycles. The van der Waals surface area contributed by atoms with Crippen LogP contribution in [0.15, 0.2) is 0 Å². The number of carbonyl (C=O) groups excluding carboxylic acids is 2. The van der Waals surface area contributed by atoms with Gasteiger partial charge in [0.2, 0.25) is 5.78 Å². The Labute approximate surface area is 169 Å². The number of nitrogens with zero attached hydrogens (tertiary/aromatic N) is 1. The Morgan fingerprint density at radius 1 is 0.786 bits per heavy atom. The van der Waals surface area contributed by atoms with Gasteiger partial charge in [0.15, 0.2) is 0 Å². The number of ketones is 1. The van der Waals surface area contributed by atoms with Crippen LogP contribution >= 0.6 is 0 Å². The molecule has 5 nitrogen and oxygen atoms in total. The summed E-state index contributed by atoms with van der Waals surface area (Å²) in [6.45, 7) is 0.410. The lowest BCUT2D eigenvalue weighted by Gasteiger charge is -2.39. The number of carbonyl (C=O) groups is 3. The number of carboxylic acid groups (broad SMARTS) is 1. The Morgan fingerprint density at radius 3 is 2.07 bits per heavy atom. The van der Waals surface area contributed by atoms with E-state index in [0.717, 1.165) is 63.7 Å². The molecule has 0 radical (unpaired) electrons. The largest absolute Gasteiger partial charge is 0.480 e. The van der Waals surface area contributed by atoms with E-state index in [1.807, 2.05) is 0 Å². The second-order valence-electron chi connectivity index (χ2n) is 9.32. The highest BCUT2D eigenvalue weighted by molar-refractivity contribution is 6.37. The van der Waals surface area contributed by atoms with Crippen LogP contribution in [0.1, 0.15) is 96.3 Å². The molecule has 158 valence electrons. The quantitative estimate of drug-likeness (QED) is 0.645. The molecule has 0 bridgehead atoms. The summed E-state index contributed by atoms with van der Waals surface area (Å²) >= 11 is 0. The number of likely N-dealkylation sites (tertiary alicyclic amines) is 1. The van der Waals surface area contributed by atoms with Crippen molar-refractivity contribution in [1.82, 2.24) is 4.90 Å². The minimum Gasteiger partial charge on any atom is -0.480 e. The first kappa shape index (κ1) is 21.3. The van der Waals surface area contributed by atoms with E-state index < -0.39 is 17.9 Å². The Morgan fingerprint density at radius 2 is 1.43 bits per heavy atom. The lowest BCUT2D eigenvalue weighted by atomic mass is 9.81. The molecule has 1 aliphatic heterocycles. The third-order valence-corrected chi connectivity index (χ3v) is 7.37. The fourth-order valence-electron chi connectivity index (χ4n) is 5.77. The van der Waals surface area contributed by atoms with E-state index in [9.17, 15) is 19.5 Å². The number of hydrogen-bond donors (Lipinski definition) is 1. The summed E-state index contributed by atoms with van der Waals surface area (Å²) in [5, 5.41) is 9.86. The molecule has 0 aromatic heterocycles. The molecule has 1 saturated heterocycles. The summed E-state index contributed by atoms with van der Waals surface area (Å²) in [5.74, 6) is -1.22. The van der Waals surface area contributed by atoms with Gasteiger partial charge >= 0.3 is 5.97 Å². The number of rotatable bonds is 7. The maximum absolute atomic E-state index is 12.9. The van der Waals surface area contributed by atoms with Crippen molar-refractivity contribution in [2.45, 2.75) is 102 Å². The normalized spacial score (nSPS) is 27.5. The number of aliphatic carboxylic acids is 1. The van der Waals surface area contributed by atoms with Crippen molar-refractivity contribution in [2.75, 3.05) is 6.54 Å². The van der Waals surface area contributed by atoms with Crippen molar-refractivity contribution in [2.24, 2.45) is 17.8 Å². The molecule has 0 aromatic rings. The van der Waals surface area contributed by atoms with Crippen LogP contribution in [0.5, 0.6) is 0 Å². The molecule has 1 N–H and O–H groups in total.